The largest absolute Gasteiger partial charge is 0.457 e. The molecule has 2 aromatic carbocycles. The standard InChI is InChI=1S/C21H17N3O5/c1-22-21(26)18(23-20(25)14-6-3-2-4-7-14)13-17-10-11-19(29-17)15-8-5-9-16(12-15)24(27)28/h2-13H,1H3,(H,22,26)(H,23,25). The van der Waals surface area contributed by atoms with Gasteiger partial charge < -0.3 is 15.1 Å². The number of nitrogens with zero attached hydrogens (tertiary/aromatic N) is 1. The van der Waals surface area contributed by atoms with E-state index in [1.807, 2.05) is 0 Å². The van der Waals surface area contributed by atoms with E-state index in [-0.39, 0.29) is 11.4 Å². The van der Waals surface area contributed by atoms with Crippen LogP contribution >= 0.6 is 0 Å². The van der Waals surface area contributed by atoms with Gasteiger partial charge in [-0.25, -0.2) is 0 Å². The van der Waals surface area contributed by atoms with E-state index in [2.05, 4.69) is 10.6 Å². The Balaban J connectivity index is 1.87. The summed E-state index contributed by atoms with van der Waals surface area (Å²) < 4.78 is 5.69. The third-order valence-corrected chi connectivity index (χ3v) is 4.01. The van der Waals surface area contributed by atoms with Gasteiger partial charge in [-0.05, 0) is 24.3 Å². The molecule has 3 aromatic rings. The zero-order chi connectivity index (χ0) is 20.8. The van der Waals surface area contributed by atoms with Crippen LogP contribution in [-0.4, -0.2) is 23.8 Å². The number of rotatable bonds is 6. The number of carbonyl (C=O) groups is 2. The lowest BCUT2D eigenvalue weighted by Gasteiger charge is -2.08. The molecule has 0 unspecified atom stereocenters. The number of furan rings is 1. The van der Waals surface area contributed by atoms with Crippen LogP contribution in [-0.2, 0) is 4.79 Å². The lowest BCUT2D eigenvalue weighted by Crippen LogP contribution is -2.33. The van der Waals surface area contributed by atoms with Gasteiger partial charge in [-0.1, -0.05) is 30.3 Å². The van der Waals surface area contributed by atoms with Crippen LogP contribution in [0.2, 0.25) is 0 Å². The number of nitrogens with one attached hydrogen (secondary N) is 2. The van der Waals surface area contributed by atoms with Crippen molar-refractivity contribution in [2.45, 2.75) is 0 Å². The average Bonchev–Trinajstić information content (AvgIpc) is 3.22. The third-order valence-electron chi connectivity index (χ3n) is 4.01. The Bertz CT molecular complexity index is 1090. The first-order valence-electron chi connectivity index (χ1n) is 8.63. The second kappa shape index (κ2) is 8.66. The summed E-state index contributed by atoms with van der Waals surface area (Å²) in [4.78, 5) is 35.0. The second-order valence-corrected chi connectivity index (χ2v) is 5.97. The minimum atomic E-state index is -0.498. The topological polar surface area (TPSA) is 114 Å². The monoisotopic (exact) mass is 391 g/mol. The Hall–Kier alpha value is -4.20. The predicted molar refractivity (Wildman–Crippen MR) is 107 cm³/mol. The summed E-state index contributed by atoms with van der Waals surface area (Å²) in [5.74, 6) is -0.238. The fourth-order valence-corrected chi connectivity index (χ4v) is 2.58. The van der Waals surface area contributed by atoms with Gasteiger partial charge in [0.05, 0.1) is 4.92 Å². The van der Waals surface area contributed by atoms with E-state index < -0.39 is 16.7 Å². The smallest absolute Gasteiger partial charge is 0.270 e. The van der Waals surface area contributed by atoms with Crippen LogP contribution in [0.3, 0.4) is 0 Å². The summed E-state index contributed by atoms with van der Waals surface area (Å²) in [6.07, 6.45) is 1.39. The third kappa shape index (κ3) is 4.75. The fourth-order valence-electron chi connectivity index (χ4n) is 2.58. The van der Waals surface area contributed by atoms with Crippen molar-refractivity contribution in [3.05, 3.63) is 93.9 Å². The van der Waals surface area contributed by atoms with Crippen molar-refractivity contribution in [1.29, 1.82) is 0 Å². The van der Waals surface area contributed by atoms with Crippen LogP contribution in [0.5, 0.6) is 0 Å². The molecule has 3 rings (SSSR count). The lowest BCUT2D eigenvalue weighted by atomic mass is 10.1. The molecule has 0 atom stereocenters. The van der Waals surface area contributed by atoms with Gasteiger partial charge in [0.1, 0.15) is 17.2 Å². The number of carbonyl (C=O) groups excluding carboxylic acids is 2. The summed E-state index contributed by atoms with van der Waals surface area (Å²) in [7, 11) is 1.45. The van der Waals surface area contributed by atoms with Crippen LogP contribution in [0.4, 0.5) is 5.69 Å². The first-order valence-corrected chi connectivity index (χ1v) is 8.63. The molecule has 0 fully saturated rings. The minimum Gasteiger partial charge on any atom is -0.457 e. The van der Waals surface area contributed by atoms with Crippen LogP contribution < -0.4 is 10.6 Å². The predicted octanol–water partition coefficient (Wildman–Crippen LogP) is 3.37. The molecule has 146 valence electrons. The normalized spacial score (nSPS) is 11.0. The van der Waals surface area contributed by atoms with Gasteiger partial charge >= 0.3 is 0 Å². The van der Waals surface area contributed by atoms with Crippen molar-refractivity contribution in [2.75, 3.05) is 7.05 Å². The Morgan fingerprint density at radius 3 is 2.48 bits per heavy atom. The lowest BCUT2D eigenvalue weighted by molar-refractivity contribution is -0.384. The molecule has 8 heteroatoms. The molecule has 2 amide bonds. The number of nitro benzene ring substituents is 1. The Morgan fingerprint density at radius 1 is 1.03 bits per heavy atom. The molecule has 0 aliphatic heterocycles. The van der Waals surface area contributed by atoms with Gasteiger partial charge in [-0.2, -0.15) is 0 Å². The molecule has 1 heterocycles. The quantitative estimate of drug-likeness (QED) is 0.380. The molecule has 0 aliphatic carbocycles. The summed E-state index contributed by atoms with van der Waals surface area (Å²) in [6.45, 7) is 0. The Morgan fingerprint density at radius 2 is 1.79 bits per heavy atom. The summed E-state index contributed by atoms with van der Waals surface area (Å²) >= 11 is 0. The highest BCUT2D eigenvalue weighted by atomic mass is 16.6. The molecule has 29 heavy (non-hydrogen) atoms. The molecule has 0 saturated heterocycles. The number of hydrogen-bond donors (Lipinski definition) is 2. The minimum absolute atomic E-state index is 0.00120. The summed E-state index contributed by atoms with van der Waals surface area (Å²) in [6, 6.07) is 17.7. The molecule has 0 spiro atoms. The summed E-state index contributed by atoms with van der Waals surface area (Å²) in [5.41, 5.74) is 0.867. The maximum atomic E-state index is 12.4. The molecular weight excluding hydrogens is 374 g/mol. The van der Waals surface area contributed by atoms with Gasteiger partial charge in [-0.15, -0.1) is 0 Å². The highest BCUT2D eigenvalue weighted by molar-refractivity contribution is 6.05. The van der Waals surface area contributed by atoms with Crippen molar-refractivity contribution in [2.24, 2.45) is 0 Å². The molecule has 0 bridgehead atoms. The van der Waals surface area contributed by atoms with Crippen molar-refractivity contribution >= 4 is 23.6 Å². The Kier molecular flexibility index (Phi) is 5.84. The van der Waals surface area contributed by atoms with Gasteiger partial charge in [0, 0.05) is 36.4 Å². The highest BCUT2D eigenvalue weighted by Crippen LogP contribution is 2.26. The van der Waals surface area contributed by atoms with Crippen molar-refractivity contribution in [1.82, 2.24) is 10.6 Å². The number of hydrogen-bond acceptors (Lipinski definition) is 5. The van der Waals surface area contributed by atoms with Crippen molar-refractivity contribution in [3.8, 4) is 11.3 Å². The van der Waals surface area contributed by atoms with E-state index >= 15 is 0 Å². The number of likely N-dealkylation sites (N-methyl/N-ethyl adjacent to an activating group) is 1. The van der Waals surface area contributed by atoms with E-state index in [0.29, 0.717) is 22.6 Å². The number of non-ortho nitro benzene ring substituents is 1. The van der Waals surface area contributed by atoms with Crippen LogP contribution in [0, 0.1) is 10.1 Å². The molecule has 0 saturated carbocycles. The zero-order valence-corrected chi connectivity index (χ0v) is 15.4. The van der Waals surface area contributed by atoms with Crippen LogP contribution in [0.15, 0.2) is 76.8 Å². The van der Waals surface area contributed by atoms with Gasteiger partial charge in [-0.3, -0.25) is 19.7 Å². The SMILES string of the molecule is CNC(=O)C(=Cc1ccc(-c2cccc([N+](=O)[O-])c2)o1)NC(=O)c1ccccc1. The average molecular weight is 391 g/mol. The van der Waals surface area contributed by atoms with Crippen molar-refractivity contribution < 1.29 is 18.9 Å². The molecule has 2 N–H and O–H groups in total. The van der Waals surface area contributed by atoms with Gasteiger partial charge in [0.25, 0.3) is 17.5 Å². The van der Waals surface area contributed by atoms with E-state index in [0.717, 1.165) is 0 Å². The number of amides is 2. The van der Waals surface area contributed by atoms with Crippen LogP contribution in [0.1, 0.15) is 16.1 Å². The first kappa shape index (κ1) is 19.6. The number of nitro groups is 1. The molecule has 0 radical (unpaired) electrons. The molecule has 8 nitrogen and oxygen atoms in total. The second-order valence-electron chi connectivity index (χ2n) is 5.97. The molecule has 0 aliphatic rings. The van der Waals surface area contributed by atoms with E-state index in [4.69, 9.17) is 4.42 Å². The van der Waals surface area contributed by atoms with Gasteiger partial charge in [0.15, 0.2) is 0 Å². The van der Waals surface area contributed by atoms with E-state index in [1.54, 1.807) is 54.6 Å². The molecular formula is C21H17N3O5. The molecule has 1 aromatic heterocycles. The van der Waals surface area contributed by atoms with Crippen LogP contribution in [0.25, 0.3) is 17.4 Å². The van der Waals surface area contributed by atoms with E-state index in [1.165, 1.54) is 25.3 Å². The zero-order valence-electron chi connectivity index (χ0n) is 15.4. The van der Waals surface area contributed by atoms with Crippen molar-refractivity contribution in [3.63, 3.8) is 0 Å². The maximum absolute atomic E-state index is 12.4. The number of benzene rings is 2. The van der Waals surface area contributed by atoms with Gasteiger partial charge in [0.2, 0.25) is 0 Å². The fraction of sp³-hybridized carbons (Fsp3) is 0.0476. The first-order chi connectivity index (χ1) is 14.0. The highest BCUT2D eigenvalue weighted by Gasteiger charge is 2.15. The maximum Gasteiger partial charge on any atom is 0.270 e. The Labute approximate surface area is 166 Å². The summed E-state index contributed by atoms with van der Waals surface area (Å²) in [5, 5.41) is 16.0. The van der Waals surface area contributed by atoms with E-state index in [9.17, 15) is 19.7 Å².